The number of hydrogen-bond donors (Lipinski definition) is 1. The lowest BCUT2D eigenvalue weighted by molar-refractivity contribution is -0.133. The van der Waals surface area contributed by atoms with Crippen molar-refractivity contribution < 1.29 is 14.3 Å². The Labute approximate surface area is 101 Å². The molecule has 0 aliphatic carbocycles. The number of rotatable bonds is 2. The Morgan fingerprint density at radius 1 is 1.35 bits per heavy atom. The number of amides is 1. The summed E-state index contributed by atoms with van der Waals surface area (Å²) in [6.45, 7) is 4.69. The predicted molar refractivity (Wildman–Crippen MR) is 64.2 cm³/mol. The Morgan fingerprint density at radius 2 is 2.00 bits per heavy atom. The van der Waals surface area contributed by atoms with Gasteiger partial charge in [0.1, 0.15) is 18.5 Å². The van der Waals surface area contributed by atoms with E-state index >= 15 is 0 Å². The van der Waals surface area contributed by atoms with E-state index in [1.54, 1.807) is 7.11 Å². The third kappa shape index (κ3) is 2.42. The highest BCUT2D eigenvalue weighted by Crippen LogP contribution is 2.28. The van der Waals surface area contributed by atoms with Crippen LogP contribution in [0.4, 0.5) is 0 Å². The highest BCUT2D eigenvalue weighted by Gasteiger charge is 2.21. The molecule has 1 amide bonds. The Bertz CT molecular complexity index is 409. The number of methoxy groups -OCH3 is 1. The van der Waals surface area contributed by atoms with Crippen LogP contribution >= 0.6 is 0 Å². The van der Waals surface area contributed by atoms with Crippen molar-refractivity contribution in [2.45, 2.75) is 20.0 Å². The maximum Gasteiger partial charge on any atom is 0.246 e. The van der Waals surface area contributed by atoms with Crippen LogP contribution in [0.1, 0.15) is 22.8 Å². The lowest BCUT2D eigenvalue weighted by Gasteiger charge is -2.24. The van der Waals surface area contributed by atoms with Crippen molar-refractivity contribution in [3.8, 4) is 5.75 Å². The summed E-state index contributed by atoms with van der Waals surface area (Å²) >= 11 is 0. The standard InChI is InChI=1S/C13H17NO3/c1-8-4-10(5-9(2)13(8)16-3)11-6-14-12(15)7-17-11/h4-5,11H,6-7H2,1-3H3,(H,14,15). The molecule has 0 saturated carbocycles. The molecule has 1 aromatic rings. The van der Waals surface area contributed by atoms with Gasteiger partial charge in [-0.25, -0.2) is 0 Å². The minimum atomic E-state index is -0.0593. The summed E-state index contributed by atoms with van der Waals surface area (Å²) in [6, 6.07) is 4.10. The van der Waals surface area contributed by atoms with Crippen molar-refractivity contribution in [1.82, 2.24) is 5.32 Å². The largest absolute Gasteiger partial charge is 0.496 e. The first-order valence-electron chi connectivity index (χ1n) is 5.65. The quantitative estimate of drug-likeness (QED) is 0.845. The van der Waals surface area contributed by atoms with Gasteiger partial charge in [0.15, 0.2) is 0 Å². The third-order valence-electron chi connectivity index (χ3n) is 2.96. The summed E-state index contributed by atoms with van der Waals surface area (Å²) < 4.78 is 10.8. The molecule has 17 heavy (non-hydrogen) atoms. The molecule has 1 saturated heterocycles. The molecule has 0 spiro atoms. The molecule has 0 aromatic heterocycles. The average Bonchev–Trinajstić information content (AvgIpc) is 2.29. The van der Waals surface area contributed by atoms with Crippen LogP contribution < -0.4 is 10.1 Å². The summed E-state index contributed by atoms with van der Waals surface area (Å²) in [5, 5.41) is 2.80. The summed E-state index contributed by atoms with van der Waals surface area (Å²) in [6.07, 6.45) is -0.0593. The van der Waals surface area contributed by atoms with E-state index in [1.165, 1.54) is 0 Å². The van der Waals surface area contributed by atoms with Crippen molar-refractivity contribution >= 4 is 5.91 Å². The number of carbonyl (C=O) groups is 1. The topological polar surface area (TPSA) is 47.6 Å². The monoisotopic (exact) mass is 235 g/mol. The fraction of sp³-hybridized carbons (Fsp3) is 0.462. The third-order valence-corrected chi connectivity index (χ3v) is 2.96. The molecule has 1 N–H and O–H groups in total. The molecule has 92 valence electrons. The van der Waals surface area contributed by atoms with Crippen LogP contribution in [0.2, 0.25) is 0 Å². The van der Waals surface area contributed by atoms with E-state index in [-0.39, 0.29) is 18.6 Å². The predicted octanol–water partition coefficient (Wildman–Crippen LogP) is 1.50. The molecule has 1 aromatic carbocycles. The van der Waals surface area contributed by atoms with Gasteiger partial charge in [-0.05, 0) is 42.7 Å². The van der Waals surface area contributed by atoms with Crippen LogP contribution in [0, 0.1) is 13.8 Å². The van der Waals surface area contributed by atoms with Gasteiger partial charge in [-0.2, -0.15) is 0 Å². The van der Waals surface area contributed by atoms with Crippen molar-refractivity contribution in [1.29, 1.82) is 0 Å². The van der Waals surface area contributed by atoms with Crippen molar-refractivity contribution in [2.75, 3.05) is 20.3 Å². The zero-order chi connectivity index (χ0) is 12.4. The van der Waals surface area contributed by atoms with Crippen molar-refractivity contribution in [3.63, 3.8) is 0 Å². The Balaban J connectivity index is 2.25. The van der Waals surface area contributed by atoms with Gasteiger partial charge in [0, 0.05) is 6.54 Å². The second-order valence-electron chi connectivity index (χ2n) is 4.29. The molecule has 2 rings (SSSR count). The van der Waals surface area contributed by atoms with Gasteiger partial charge in [-0.15, -0.1) is 0 Å². The lowest BCUT2D eigenvalue weighted by atomic mass is 10.0. The zero-order valence-corrected chi connectivity index (χ0v) is 10.4. The van der Waals surface area contributed by atoms with Gasteiger partial charge in [-0.1, -0.05) is 0 Å². The average molecular weight is 235 g/mol. The first-order chi connectivity index (χ1) is 8.11. The highest BCUT2D eigenvalue weighted by molar-refractivity contribution is 5.77. The molecule has 1 atom stereocenters. The Morgan fingerprint density at radius 3 is 2.47 bits per heavy atom. The molecule has 0 bridgehead atoms. The van der Waals surface area contributed by atoms with Gasteiger partial charge >= 0.3 is 0 Å². The maximum atomic E-state index is 11.0. The molecular weight excluding hydrogens is 218 g/mol. The normalized spacial score (nSPS) is 19.9. The van der Waals surface area contributed by atoms with Gasteiger partial charge in [0.05, 0.1) is 7.11 Å². The van der Waals surface area contributed by atoms with Crippen LogP contribution in [0.15, 0.2) is 12.1 Å². The first kappa shape index (κ1) is 11.9. The fourth-order valence-electron chi connectivity index (χ4n) is 2.20. The molecule has 1 heterocycles. The SMILES string of the molecule is COc1c(C)cc(C2CNC(=O)CO2)cc1C. The zero-order valence-electron chi connectivity index (χ0n) is 10.4. The molecule has 0 radical (unpaired) electrons. The van der Waals surface area contributed by atoms with E-state index in [4.69, 9.17) is 9.47 Å². The lowest BCUT2D eigenvalue weighted by Crippen LogP contribution is -2.38. The van der Waals surface area contributed by atoms with E-state index < -0.39 is 0 Å². The molecule has 1 unspecified atom stereocenters. The van der Waals surface area contributed by atoms with Crippen LogP contribution in [0.3, 0.4) is 0 Å². The molecular formula is C13H17NO3. The number of carbonyl (C=O) groups excluding carboxylic acids is 1. The van der Waals surface area contributed by atoms with E-state index in [0.29, 0.717) is 6.54 Å². The minimum Gasteiger partial charge on any atom is -0.496 e. The van der Waals surface area contributed by atoms with Gasteiger partial charge < -0.3 is 14.8 Å². The van der Waals surface area contributed by atoms with Crippen LogP contribution in [0.5, 0.6) is 5.75 Å². The number of aryl methyl sites for hydroxylation is 2. The highest BCUT2D eigenvalue weighted by atomic mass is 16.5. The van der Waals surface area contributed by atoms with Gasteiger partial charge in [0.2, 0.25) is 5.91 Å². The van der Waals surface area contributed by atoms with Gasteiger partial charge in [-0.3, -0.25) is 4.79 Å². The first-order valence-corrected chi connectivity index (χ1v) is 5.65. The number of ether oxygens (including phenoxy) is 2. The number of morpholine rings is 1. The number of benzene rings is 1. The molecule has 1 aliphatic heterocycles. The fourth-order valence-corrected chi connectivity index (χ4v) is 2.20. The van der Waals surface area contributed by atoms with Crippen molar-refractivity contribution in [3.05, 3.63) is 28.8 Å². The molecule has 4 heteroatoms. The Kier molecular flexibility index (Phi) is 3.33. The molecule has 4 nitrogen and oxygen atoms in total. The van der Waals surface area contributed by atoms with E-state index in [2.05, 4.69) is 5.32 Å². The van der Waals surface area contributed by atoms with Crippen LogP contribution in [-0.4, -0.2) is 26.2 Å². The van der Waals surface area contributed by atoms with E-state index in [1.807, 2.05) is 26.0 Å². The van der Waals surface area contributed by atoms with Crippen LogP contribution in [-0.2, 0) is 9.53 Å². The second-order valence-corrected chi connectivity index (χ2v) is 4.29. The summed E-state index contributed by atoms with van der Waals surface area (Å²) in [5.41, 5.74) is 3.26. The minimum absolute atomic E-state index is 0.0526. The smallest absolute Gasteiger partial charge is 0.246 e. The van der Waals surface area contributed by atoms with Crippen LogP contribution in [0.25, 0.3) is 0 Å². The Hall–Kier alpha value is -1.55. The second kappa shape index (κ2) is 4.75. The maximum absolute atomic E-state index is 11.0. The molecule has 1 fully saturated rings. The van der Waals surface area contributed by atoms with E-state index in [9.17, 15) is 4.79 Å². The summed E-state index contributed by atoms with van der Waals surface area (Å²) in [4.78, 5) is 11.0. The summed E-state index contributed by atoms with van der Waals surface area (Å²) in [7, 11) is 1.67. The van der Waals surface area contributed by atoms with Crippen molar-refractivity contribution in [2.24, 2.45) is 0 Å². The molecule has 1 aliphatic rings. The summed E-state index contributed by atoms with van der Waals surface area (Å²) in [5.74, 6) is 0.858. The number of nitrogens with one attached hydrogen (secondary N) is 1. The van der Waals surface area contributed by atoms with E-state index in [0.717, 1.165) is 22.4 Å². The number of hydrogen-bond acceptors (Lipinski definition) is 3. The van der Waals surface area contributed by atoms with Gasteiger partial charge in [0.25, 0.3) is 0 Å².